The first kappa shape index (κ1) is 14.0. The molecule has 0 fully saturated rings. The first-order valence-corrected chi connectivity index (χ1v) is 8.04. The van der Waals surface area contributed by atoms with E-state index in [1.54, 1.807) is 6.07 Å². The van der Waals surface area contributed by atoms with Crippen LogP contribution in [0, 0.1) is 5.82 Å². The lowest BCUT2D eigenvalue weighted by molar-refractivity contribution is 0.392. The van der Waals surface area contributed by atoms with Gasteiger partial charge in [0.15, 0.2) is 0 Å². The Balaban J connectivity index is 1.95. The Morgan fingerprint density at radius 2 is 1.81 bits per heavy atom. The summed E-state index contributed by atoms with van der Waals surface area (Å²) in [5.41, 5.74) is 8.48. The van der Waals surface area contributed by atoms with Crippen LogP contribution in [-0.2, 0) is 23.0 Å². The molecule has 0 radical (unpaired) electrons. The molecule has 0 bridgehead atoms. The van der Waals surface area contributed by atoms with Crippen molar-refractivity contribution in [2.75, 3.05) is 12.3 Å². The first-order valence-electron chi connectivity index (χ1n) is 6.60. The number of sulfonamides is 1. The van der Waals surface area contributed by atoms with Gasteiger partial charge in [0.1, 0.15) is 5.82 Å². The summed E-state index contributed by atoms with van der Waals surface area (Å²) in [6.07, 6.45) is 0.626. The van der Waals surface area contributed by atoms with E-state index in [-0.39, 0.29) is 11.4 Å². The van der Waals surface area contributed by atoms with Crippen molar-refractivity contribution >= 4 is 15.7 Å². The van der Waals surface area contributed by atoms with Crippen molar-refractivity contribution in [1.29, 1.82) is 0 Å². The van der Waals surface area contributed by atoms with Gasteiger partial charge in [-0.05, 0) is 47.9 Å². The maximum absolute atomic E-state index is 12.9. The predicted octanol–water partition coefficient (Wildman–Crippen LogP) is 2.15. The van der Waals surface area contributed by atoms with E-state index < -0.39 is 15.8 Å². The van der Waals surface area contributed by atoms with Crippen molar-refractivity contribution in [3.63, 3.8) is 0 Å². The van der Waals surface area contributed by atoms with E-state index >= 15 is 0 Å². The molecule has 0 spiro atoms. The lowest BCUT2D eigenvalue weighted by Gasteiger charge is -2.29. The molecule has 2 N–H and O–H groups in total. The van der Waals surface area contributed by atoms with Gasteiger partial charge in [-0.25, -0.2) is 12.8 Å². The molecule has 4 nitrogen and oxygen atoms in total. The van der Waals surface area contributed by atoms with Crippen LogP contribution in [0.4, 0.5) is 10.1 Å². The maximum atomic E-state index is 12.9. The highest BCUT2D eigenvalue weighted by Crippen LogP contribution is 2.28. The minimum atomic E-state index is -3.63. The van der Waals surface area contributed by atoms with Gasteiger partial charge in [0.2, 0.25) is 10.0 Å². The third-order valence-electron chi connectivity index (χ3n) is 3.73. The topological polar surface area (TPSA) is 63.4 Å². The molecule has 0 saturated carbocycles. The molecule has 1 heterocycles. The second-order valence-corrected chi connectivity index (χ2v) is 6.97. The van der Waals surface area contributed by atoms with Gasteiger partial charge >= 0.3 is 0 Å². The fourth-order valence-corrected chi connectivity index (χ4v) is 3.95. The maximum Gasteiger partial charge on any atom is 0.243 e. The molecule has 0 aromatic heterocycles. The lowest BCUT2D eigenvalue weighted by atomic mass is 10.00. The molecule has 1 aliphatic rings. The van der Waals surface area contributed by atoms with Crippen molar-refractivity contribution in [3.05, 3.63) is 59.4 Å². The third-order valence-corrected chi connectivity index (χ3v) is 5.59. The van der Waals surface area contributed by atoms with Gasteiger partial charge in [-0.15, -0.1) is 0 Å². The summed E-state index contributed by atoms with van der Waals surface area (Å²) in [7, 11) is -3.63. The Kier molecular flexibility index (Phi) is 3.43. The second-order valence-electron chi connectivity index (χ2n) is 5.03. The van der Waals surface area contributed by atoms with E-state index in [1.165, 1.54) is 16.4 Å². The van der Waals surface area contributed by atoms with Gasteiger partial charge < -0.3 is 5.73 Å². The molecule has 2 aromatic rings. The highest BCUT2D eigenvalue weighted by atomic mass is 32.2. The highest BCUT2D eigenvalue weighted by molar-refractivity contribution is 7.89. The highest BCUT2D eigenvalue weighted by Gasteiger charge is 2.29. The van der Waals surface area contributed by atoms with E-state index in [1.807, 2.05) is 12.1 Å². The third kappa shape index (κ3) is 2.52. The number of fused-ring (bicyclic) bond motifs is 1. The Bertz CT molecular complexity index is 773. The van der Waals surface area contributed by atoms with Crippen LogP contribution in [0.25, 0.3) is 0 Å². The van der Waals surface area contributed by atoms with Crippen molar-refractivity contribution in [3.8, 4) is 0 Å². The summed E-state index contributed by atoms with van der Waals surface area (Å²) in [6, 6.07) is 10.5. The zero-order valence-corrected chi connectivity index (χ0v) is 12.1. The summed E-state index contributed by atoms with van der Waals surface area (Å²) in [5, 5.41) is 0. The van der Waals surface area contributed by atoms with E-state index in [4.69, 9.17) is 5.73 Å². The average Bonchev–Trinajstić information content (AvgIpc) is 2.48. The van der Waals surface area contributed by atoms with Gasteiger partial charge in [-0.1, -0.05) is 12.1 Å². The number of hydrogen-bond acceptors (Lipinski definition) is 3. The van der Waals surface area contributed by atoms with Gasteiger partial charge in [0.25, 0.3) is 0 Å². The molecule has 3 rings (SSSR count). The van der Waals surface area contributed by atoms with Gasteiger partial charge in [-0.2, -0.15) is 4.31 Å². The fraction of sp³-hybridized carbons (Fsp3) is 0.200. The standard InChI is InChI=1S/C15H15FN2O2S/c16-12-4-6-13(7-5-12)21(19,20)18-9-8-11-2-1-3-15(17)14(11)10-18/h1-7H,8-10,17H2. The van der Waals surface area contributed by atoms with Crippen LogP contribution in [0.5, 0.6) is 0 Å². The number of anilines is 1. The van der Waals surface area contributed by atoms with E-state index in [9.17, 15) is 12.8 Å². The van der Waals surface area contributed by atoms with Crippen molar-refractivity contribution in [2.24, 2.45) is 0 Å². The Hall–Kier alpha value is -1.92. The van der Waals surface area contributed by atoms with E-state index in [2.05, 4.69) is 0 Å². The normalized spacial score (nSPS) is 15.7. The number of nitrogens with zero attached hydrogens (tertiary/aromatic N) is 1. The Labute approximate surface area is 123 Å². The largest absolute Gasteiger partial charge is 0.398 e. The first-order chi connectivity index (χ1) is 9.98. The molecule has 110 valence electrons. The van der Waals surface area contributed by atoms with Gasteiger partial charge in [-0.3, -0.25) is 0 Å². The second kappa shape index (κ2) is 5.13. The molecule has 0 atom stereocenters. The molecule has 0 amide bonds. The molecule has 0 saturated heterocycles. The zero-order valence-electron chi connectivity index (χ0n) is 11.3. The van der Waals surface area contributed by atoms with Crippen LogP contribution >= 0.6 is 0 Å². The Morgan fingerprint density at radius 1 is 1.10 bits per heavy atom. The zero-order chi connectivity index (χ0) is 15.0. The molecule has 2 aromatic carbocycles. The number of nitrogens with two attached hydrogens (primary N) is 1. The molecule has 21 heavy (non-hydrogen) atoms. The Morgan fingerprint density at radius 3 is 2.52 bits per heavy atom. The van der Waals surface area contributed by atoms with Crippen LogP contribution in [0.1, 0.15) is 11.1 Å². The van der Waals surface area contributed by atoms with E-state index in [0.717, 1.165) is 23.3 Å². The number of benzene rings is 2. The minimum absolute atomic E-state index is 0.0989. The number of rotatable bonds is 2. The number of nitrogen functional groups attached to an aromatic ring is 1. The minimum Gasteiger partial charge on any atom is -0.398 e. The average molecular weight is 306 g/mol. The summed E-state index contributed by atoms with van der Waals surface area (Å²) < 4.78 is 39.5. The molecular weight excluding hydrogens is 291 g/mol. The molecule has 0 aliphatic carbocycles. The quantitative estimate of drug-likeness (QED) is 0.865. The lowest BCUT2D eigenvalue weighted by Crippen LogP contribution is -2.36. The number of halogens is 1. The SMILES string of the molecule is Nc1cccc2c1CN(S(=O)(=O)c1ccc(F)cc1)CC2. The summed E-state index contributed by atoms with van der Waals surface area (Å²) in [5.74, 6) is -0.456. The van der Waals surface area contributed by atoms with Crippen LogP contribution in [0.15, 0.2) is 47.4 Å². The van der Waals surface area contributed by atoms with Gasteiger partial charge in [0, 0.05) is 18.8 Å². The van der Waals surface area contributed by atoms with Crippen molar-refractivity contribution in [1.82, 2.24) is 4.31 Å². The summed E-state index contributed by atoms with van der Waals surface area (Å²) in [6.45, 7) is 0.651. The van der Waals surface area contributed by atoms with E-state index in [0.29, 0.717) is 18.7 Å². The molecule has 6 heteroatoms. The summed E-state index contributed by atoms with van der Waals surface area (Å²) >= 11 is 0. The van der Waals surface area contributed by atoms with Crippen LogP contribution in [-0.4, -0.2) is 19.3 Å². The predicted molar refractivity (Wildman–Crippen MR) is 78.6 cm³/mol. The smallest absolute Gasteiger partial charge is 0.243 e. The fourth-order valence-electron chi connectivity index (χ4n) is 2.54. The van der Waals surface area contributed by atoms with Gasteiger partial charge in [0.05, 0.1) is 4.90 Å². The van der Waals surface area contributed by atoms with Crippen LogP contribution in [0.2, 0.25) is 0 Å². The molecule has 1 aliphatic heterocycles. The van der Waals surface area contributed by atoms with Crippen LogP contribution < -0.4 is 5.73 Å². The summed E-state index contributed by atoms with van der Waals surface area (Å²) in [4.78, 5) is 0.0989. The van der Waals surface area contributed by atoms with Crippen molar-refractivity contribution in [2.45, 2.75) is 17.9 Å². The molecule has 0 unspecified atom stereocenters. The van der Waals surface area contributed by atoms with Crippen molar-refractivity contribution < 1.29 is 12.8 Å². The molecular formula is C15H15FN2O2S. The number of hydrogen-bond donors (Lipinski definition) is 1. The van der Waals surface area contributed by atoms with Crippen LogP contribution in [0.3, 0.4) is 0 Å². The monoisotopic (exact) mass is 306 g/mol.